The first kappa shape index (κ1) is 22.2. The third-order valence-electron chi connectivity index (χ3n) is 4.73. The number of benzene rings is 1. The topological polar surface area (TPSA) is 172 Å². The van der Waals surface area contributed by atoms with Gasteiger partial charge in [0.2, 0.25) is 0 Å². The smallest absolute Gasteiger partial charge is 0.387 e. The van der Waals surface area contributed by atoms with Gasteiger partial charge in [-0.1, -0.05) is 28.1 Å². The summed E-state index contributed by atoms with van der Waals surface area (Å²) in [6.45, 7) is -0.110. The highest BCUT2D eigenvalue weighted by Crippen LogP contribution is 2.39. The SMILES string of the molecule is O=P(O)(O)OC[C@H]1O[C@@H](n2cnc3c(NCc4cccc(Br)c4)ncnc32)[C@H](O)[C@@H]1O. The van der Waals surface area contributed by atoms with Gasteiger partial charge in [0.25, 0.3) is 0 Å². The zero-order chi connectivity index (χ0) is 22.2. The molecule has 0 spiro atoms. The van der Waals surface area contributed by atoms with Crippen LogP contribution in [0.25, 0.3) is 11.2 Å². The number of anilines is 1. The molecule has 4 rings (SSSR count). The monoisotopic (exact) mass is 515 g/mol. The maximum Gasteiger partial charge on any atom is 0.469 e. The van der Waals surface area contributed by atoms with Crippen molar-refractivity contribution in [3.63, 3.8) is 0 Å². The predicted octanol–water partition coefficient (Wildman–Crippen LogP) is 0.929. The number of imidazole rings is 1. The van der Waals surface area contributed by atoms with Gasteiger partial charge in [0, 0.05) is 11.0 Å². The van der Waals surface area contributed by atoms with Crippen LogP contribution >= 0.6 is 23.8 Å². The summed E-state index contributed by atoms with van der Waals surface area (Å²) in [5, 5.41) is 23.8. The fourth-order valence-corrected chi connectivity index (χ4v) is 4.06. The molecule has 1 aromatic carbocycles. The molecule has 31 heavy (non-hydrogen) atoms. The van der Waals surface area contributed by atoms with Gasteiger partial charge in [-0.25, -0.2) is 19.5 Å². The number of aromatic nitrogens is 4. The van der Waals surface area contributed by atoms with E-state index in [2.05, 4.69) is 40.7 Å². The van der Waals surface area contributed by atoms with E-state index in [4.69, 9.17) is 14.5 Å². The van der Waals surface area contributed by atoms with E-state index in [1.165, 1.54) is 17.2 Å². The average Bonchev–Trinajstić information content (AvgIpc) is 3.26. The van der Waals surface area contributed by atoms with Crippen LogP contribution < -0.4 is 5.32 Å². The number of phosphoric acid groups is 1. The Hall–Kier alpha value is -1.96. The normalized spacial score (nSPS) is 24.0. The molecule has 14 heteroatoms. The molecule has 0 aliphatic carbocycles. The minimum absolute atomic E-state index is 0.347. The summed E-state index contributed by atoms with van der Waals surface area (Å²) in [6.07, 6.45) is -2.34. The Labute approximate surface area is 184 Å². The quantitative estimate of drug-likeness (QED) is 0.283. The van der Waals surface area contributed by atoms with Crippen molar-refractivity contribution in [2.45, 2.75) is 31.1 Å². The molecule has 166 valence electrons. The number of ether oxygens (including phenoxy) is 1. The van der Waals surface area contributed by atoms with Gasteiger partial charge in [-0.2, -0.15) is 0 Å². The molecule has 3 aromatic rings. The van der Waals surface area contributed by atoms with Gasteiger partial charge in [-0.05, 0) is 17.7 Å². The lowest BCUT2D eigenvalue weighted by Gasteiger charge is -2.16. The Bertz CT molecular complexity index is 1130. The zero-order valence-corrected chi connectivity index (χ0v) is 18.3. The second-order valence-electron chi connectivity index (χ2n) is 6.86. The lowest BCUT2D eigenvalue weighted by molar-refractivity contribution is -0.0504. The highest BCUT2D eigenvalue weighted by Gasteiger charge is 2.45. The standard InChI is InChI=1S/C17H19BrN5O7P/c18-10-3-1-2-9(4-10)5-19-15-12-16(21-7-20-15)23(8-22-12)17-14(25)13(24)11(30-17)6-29-31(26,27)28/h1-4,7-8,11,13-14,17,24-25H,5-6H2,(H,19,20,21)(H2,26,27,28)/t11-,13-,14-,17-/m1/s1. The molecular formula is C17H19BrN5O7P. The molecule has 0 unspecified atom stereocenters. The van der Waals surface area contributed by atoms with E-state index < -0.39 is 39.0 Å². The van der Waals surface area contributed by atoms with Gasteiger partial charge in [0.1, 0.15) is 24.6 Å². The van der Waals surface area contributed by atoms with Crippen molar-refractivity contribution in [3.05, 3.63) is 47.0 Å². The Morgan fingerprint density at radius 2 is 2.03 bits per heavy atom. The van der Waals surface area contributed by atoms with E-state index in [0.717, 1.165) is 10.0 Å². The van der Waals surface area contributed by atoms with E-state index in [0.29, 0.717) is 23.5 Å². The molecule has 2 aromatic heterocycles. The molecule has 5 N–H and O–H groups in total. The summed E-state index contributed by atoms with van der Waals surface area (Å²) >= 11 is 3.43. The van der Waals surface area contributed by atoms with Crippen LogP contribution in [0.15, 0.2) is 41.4 Å². The fourth-order valence-electron chi connectivity index (χ4n) is 3.27. The van der Waals surface area contributed by atoms with Crippen LogP contribution in [-0.4, -0.2) is 64.4 Å². The van der Waals surface area contributed by atoms with Gasteiger partial charge in [-0.3, -0.25) is 9.09 Å². The Balaban J connectivity index is 1.54. The number of halogens is 1. The third-order valence-corrected chi connectivity index (χ3v) is 5.70. The predicted molar refractivity (Wildman–Crippen MR) is 111 cm³/mol. The molecule has 0 radical (unpaired) electrons. The van der Waals surface area contributed by atoms with Crippen molar-refractivity contribution >= 4 is 40.7 Å². The summed E-state index contributed by atoms with van der Waals surface area (Å²) in [5.41, 5.74) is 1.79. The van der Waals surface area contributed by atoms with E-state index in [1.54, 1.807) is 0 Å². The van der Waals surface area contributed by atoms with Crippen molar-refractivity contribution in [2.24, 2.45) is 0 Å². The number of rotatable bonds is 7. The van der Waals surface area contributed by atoms with Crippen LogP contribution in [-0.2, 0) is 20.4 Å². The van der Waals surface area contributed by atoms with Crippen LogP contribution in [0, 0.1) is 0 Å². The van der Waals surface area contributed by atoms with E-state index in [9.17, 15) is 14.8 Å². The van der Waals surface area contributed by atoms with E-state index >= 15 is 0 Å². The zero-order valence-electron chi connectivity index (χ0n) is 15.8. The molecular weight excluding hydrogens is 497 g/mol. The Kier molecular flexibility index (Phi) is 6.37. The molecule has 0 bridgehead atoms. The van der Waals surface area contributed by atoms with E-state index in [-0.39, 0.29) is 0 Å². The highest BCUT2D eigenvalue weighted by molar-refractivity contribution is 9.10. The number of phosphoric ester groups is 1. The largest absolute Gasteiger partial charge is 0.469 e. The second kappa shape index (κ2) is 8.88. The van der Waals surface area contributed by atoms with Crippen molar-refractivity contribution < 1.29 is 33.8 Å². The summed E-state index contributed by atoms with van der Waals surface area (Å²) in [4.78, 5) is 30.4. The summed E-state index contributed by atoms with van der Waals surface area (Å²) < 4.78 is 23.3. The lowest BCUT2D eigenvalue weighted by Crippen LogP contribution is -2.33. The first-order valence-corrected chi connectivity index (χ1v) is 11.4. The second-order valence-corrected chi connectivity index (χ2v) is 9.02. The summed E-state index contributed by atoms with van der Waals surface area (Å²) in [5.74, 6) is 0.471. The molecule has 4 atom stereocenters. The first-order valence-electron chi connectivity index (χ1n) is 9.10. The number of aliphatic hydroxyl groups is 2. The van der Waals surface area contributed by atoms with Crippen molar-refractivity contribution in [1.29, 1.82) is 0 Å². The van der Waals surface area contributed by atoms with Gasteiger partial charge < -0.3 is 30.1 Å². The van der Waals surface area contributed by atoms with Gasteiger partial charge >= 0.3 is 7.82 Å². The highest BCUT2D eigenvalue weighted by atomic mass is 79.9. The first-order chi connectivity index (χ1) is 14.7. The lowest BCUT2D eigenvalue weighted by atomic mass is 10.1. The van der Waals surface area contributed by atoms with Crippen molar-refractivity contribution in [1.82, 2.24) is 19.5 Å². The Morgan fingerprint density at radius 1 is 1.23 bits per heavy atom. The molecule has 1 aliphatic rings. The number of hydrogen-bond acceptors (Lipinski definition) is 9. The third kappa shape index (κ3) is 4.94. The maximum atomic E-state index is 10.9. The Morgan fingerprint density at radius 3 is 2.77 bits per heavy atom. The van der Waals surface area contributed by atoms with Gasteiger partial charge in [-0.15, -0.1) is 0 Å². The molecule has 0 saturated carbocycles. The fraction of sp³-hybridized carbons (Fsp3) is 0.353. The molecule has 1 aliphatic heterocycles. The number of aliphatic hydroxyl groups excluding tert-OH is 2. The average molecular weight is 516 g/mol. The van der Waals surface area contributed by atoms with Crippen LogP contribution in [0.5, 0.6) is 0 Å². The molecule has 1 saturated heterocycles. The van der Waals surface area contributed by atoms with Crippen molar-refractivity contribution in [2.75, 3.05) is 11.9 Å². The molecule has 0 amide bonds. The molecule has 1 fully saturated rings. The number of fused-ring (bicyclic) bond motifs is 1. The van der Waals surface area contributed by atoms with Crippen LogP contribution in [0.4, 0.5) is 5.82 Å². The van der Waals surface area contributed by atoms with Crippen LogP contribution in [0.2, 0.25) is 0 Å². The molecule has 3 heterocycles. The number of nitrogens with one attached hydrogen (secondary N) is 1. The van der Waals surface area contributed by atoms with Gasteiger partial charge in [0.05, 0.1) is 12.9 Å². The van der Waals surface area contributed by atoms with Crippen LogP contribution in [0.1, 0.15) is 11.8 Å². The molecule has 12 nitrogen and oxygen atoms in total. The number of nitrogens with zero attached hydrogens (tertiary/aromatic N) is 4. The number of hydrogen-bond donors (Lipinski definition) is 5. The van der Waals surface area contributed by atoms with Crippen LogP contribution in [0.3, 0.4) is 0 Å². The minimum atomic E-state index is -4.75. The maximum absolute atomic E-state index is 10.9. The van der Waals surface area contributed by atoms with E-state index in [1.807, 2.05) is 24.3 Å². The van der Waals surface area contributed by atoms with Gasteiger partial charge in [0.15, 0.2) is 23.2 Å². The minimum Gasteiger partial charge on any atom is -0.387 e. The summed E-state index contributed by atoms with van der Waals surface area (Å²) in [6, 6.07) is 7.77. The van der Waals surface area contributed by atoms with Crippen molar-refractivity contribution in [3.8, 4) is 0 Å². The summed E-state index contributed by atoms with van der Waals surface area (Å²) in [7, 11) is -4.75.